The number of aryl methyl sites for hydroxylation is 1. The molecule has 23 heavy (non-hydrogen) atoms. The first-order valence-electron chi connectivity index (χ1n) is 8.45. The summed E-state index contributed by atoms with van der Waals surface area (Å²) < 4.78 is 5.48. The quantitative estimate of drug-likeness (QED) is 0.932. The number of methoxy groups -OCH3 is 1. The lowest BCUT2D eigenvalue weighted by atomic mass is 10.1. The van der Waals surface area contributed by atoms with E-state index in [0.717, 1.165) is 25.4 Å². The lowest BCUT2D eigenvalue weighted by Crippen LogP contribution is -3.13. The van der Waals surface area contributed by atoms with Crippen molar-refractivity contribution in [3.63, 3.8) is 0 Å². The van der Waals surface area contributed by atoms with Gasteiger partial charge in [0.05, 0.1) is 33.3 Å². The molecule has 0 atom stereocenters. The van der Waals surface area contributed by atoms with Crippen LogP contribution < -0.4 is 14.5 Å². The fraction of sp³-hybridized carbons (Fsp3) is 0.400. The monoisotopic (exact) mass is 311 g/mol. The van der Waals surface area contributed by atoms with Gasteiger partial charge in [-0.2, -0.15) is 0 Å². The molecule has 0 amide bonds. The number of anilines is 1. The third kappa shape index (κ3) is 3.50. The van der Waals surface area contributed by atoms with Crippen LogP contribution in [0.25, 0.3) is 0 Å². The molecular weight excluding hydrogens is 284 g/mol. The first-order valence-corrected chi connectivity index (χ1v) is 8.45. The minimum Gasteiger partial charge on any atom is -0.496 e. The first-order chi connectivity index (χ1) is 11.2. The molecule has 1 aliphatic heterocycles. The zero-order chi connectivity index (χ0) is 16.2. The predicted molar refractivity (Wildman–Crippen MR) is 95.5 cm³/mol. The number of benzene rings is 2. The Kier molecular flexibility index (Phi) is 4.87. The van der Waals surface area contributed by atoms with Gasteiger partial charge in [0, 0.05) is 11.3 Å². The number of quaternary nitrogens is 1. The molecule has 3 rings (SSSR count). The maximum Gasteiger partial charge on any atom is 0.127 e. The van der Waals surface area contributed by atoms with Crippen LogP contribution in [0.1, 0.15) is 16.7 Å². The van der Waals surface area contributed by atoms with E-state index in [1.807, 2.05) is 6.07 Å². The van der Waals surface area contributed by atoms with Crippen molar-refractivity contribution < 1.29 is 9.64 Å². The van der Waals surface area contributed by atoms with Crippen molar-refractivity contribution in [1.29, 1.82) is 0 Å². The molecule has 0 spiro atoms. The highest BCUT2D eigenvalue weighted by Crippen LogP contribution is 2.22. The molecule has 2 aromatic carbocycles. The van der Waals surface area contributed by atoms with E-state index in [9.17, 15) is 0 Å². The van der Waals surface area contributed by atoms with Crippen molar-refractivity contribution in [1.82, 2.24) is 0 Å². The van der Waals surface area contributed by atoms with Crippen LogP contribution in [0.5, 0.6) is 5.75 Å². The second kappa shape index (κ2) is 7.05. The maximum atomic E-state index is 5.48. The molecule has 3 heteroatoms. The molecule has 0 aliphatic carbocycles. The summed E-state index contributed by atoms with van der Waals surface area (Å²) in [5.74, 6) is 1.01. The third-order valence-corrected chi connectivity index (χ3v) is 5.02. The summed E-state index contributed by atoms with van der Waals surface area (Å²) in [5, 5.41) is 0. The van der Waals surface area contributed by atoms with Gasteiger partial charge in [0.25, 0.3) is 0 Å². The molecule has 1 N–H and O–H groups in total. The summed E-state index contributed by atoms with van der Waals surface area (Å²) in [6.45, 7) is 10.1. The third-order valence-electron chi connectivity index (χ3n) is 5.02. The summed E-state index contributed by atoms with van der Waals surface area (Å²) >= 11 is 0. The zero-order valence-corrected chi connectivity index (χ0v) is 14.4. The lowest BCUT2D eigenvalue weighted by Gasteiger charge is -2.35. The van der Waals surface area contributed by atoms with Gasteiger partial charge in [-0.15, -0.1) is 0 Å². The van der Waals surface area contributed by atoms with Crippen LogP contribution in [-0.2, 0) is 6.54 Å². The minimum absolute atomic E-state index is 1.01. The van der Waals surface area contributed by atoms with E-state index in [0.29, 0.717) is 0 Å². The molecule has 1 saturated heterocycles. The van der Waals surface area contributed by atoms with Crippen LogP contribution in [0.2, 0.25) is 0 Å². The van der Waals surface area contributed by atoms with Gasteiger partial charge >= 0.3 is 0 Å². The molecule has 0 aromatic heterocycles. The van der Waals surface area contributed by atoms with Crippen molar-refractivity contribution in [2.75, 3.05) is 38.2 Å². The van der Waals surface area contributed by atoms with E-state index in [2.05, 4.69) is 55.1 Å². The van der Waals surface area contributed by atoms with Crippen molar-refractivity contribution >= 4 is 5.69 Å². The number of nitrogens with one attached hydrogen (secondary N) is 1. The van der Waals surface area contributed by atoms with Gasteiger partial charge in [-0.25, -0.2) is 0 Å². The van der Waals surface area contributed by atoms with Crippen molar-refractivity contribution in [3.8, 4) is 5.75 Å². The fourth-order valence-electron chi connectivity index (χ4n) is 3.44. The summed E-state index contributed by atoms with van der Waals surface area (Å²) in [4.78, 5) is 4.17. The van der Waals surface area contributed by atoms with Crippen LogP contribution in [-0.4, -0.2) is 33.3 Å². The molecule has 0 radical (unpaired) electrons. The van der Waals surface area contributed by atoms with Gasteiger partial charge in [-0.05, 0) is 43.2 Å². The van der Waals surface area contributed by atoms with Gasteiger partial charge in [0.2, 0.25) is 0 Å². The summed E-state index contributed by atoms with van der Waals surface area (Å²) in [5.41, 5.74) is 5.51. The Hall–Kier alpha value is -2.00. The van der Waals surface area contributed by atoms with E-state index in [4.69, 9.17) is 4.74 Å². The normalized spacial score (nSPS) is 15.7. The molecule has 1 aliphatic rings. The predicted octanol–water partition coefficient (Wildman–Crippen LogP) is 2.22. The van der Waals surface area contributed by atoms with E-state index in [-0.39, 0.29) is 0 Å². The van der Waals surface area contributed by atoms with Crippen LogP contribution in [0.3, 0.4) is 0 Å². The van der Waals surface area contributed by atoms with Gasteiger partial charge in [0.15, 0.2) is 0 Å². The summed E-state index contributed by atoms with van der Waals surface area (Å²) in [6, 6.07) is 15.0. The Morgan fingerprint density at radius 1 is 1.00 bits per heavy atom. The van der Waals surface area contributed by atoms with Gasteiger partial charge in [-0.1, -0.05) is 24.3 Å². The molecule has 1 fully saturated rings. The second-order valence-electron chi connectivity index (χ2n) is 6.44. The smallest absolute Gasteiger partial charge is 0.127 e. The lowest BCUT2D eigenvalue weighted by molar-refractivity contribution is -0.914. The van der Waals surface area contributed by atoms with E-state index in [1.54, 1.807) is 12.0 Å². The Morgan fingerprint density at radius 3 is 2.48 bits per heavy atom. The van der Waals surface area contributed by atoms with Crippen molar-refractivity contribution in [2.45, 2.75) is 20.4 Å². The van der Waals surface area contributed by atoms with Crippen LogP contribution >= 0.6 is 0 Å². The standard InChI is InChI=1S/C20H26N2O/c1-16-7-6-9-19(17(16)2)22-13-11-21(12-14-22)15-18-8-4-5-10-20(18)23-3/h4-10H,11-15H2,1-3H3/p+1. The van der Waals surface area contributed by atoms with Gasteiger partial charge in [0.1, 0.15) is 12.3 Å². The molecule has 1 heterocycles. The summed E-state index contributed by atoms with van der Waals surface area (Å²) in [6.07, 6.45) is 0. The Labute approximate surface area is 139 Å². The van der Waals surface area contributed by atoms with E-state index >= 15 is 0 Å². The van der Waals surface area contributed by atoms with Crippen molar-refractivity contribution in [3.05, 3.63) is 59.2 Å². The highest BCUT2D eigenvalue weighted by molar-refractivity contribution is 5.56. The van der Waals surface area contributed by atoms with E-state index < -0.39 is 0 Å². The number of piperazine rings is 1. The Morgan fingerprint density at radius 2 is 1.74 bits per heavy atom. The van der Waals surface area contributed by atoms with Crippen LogP contribution in [0, 0.1) is 13.8 Å². The van der Waals surface area contributed by atoms with Crippen molar-refractivity contribution in [2.24, 2.45) is 0 Å². The van der Waals surface area contributed by atoms with Gasteiger partial charge < -0.3 is 14.5 Å². The highest BCUT2D eigenvalue weighted by Gasteiger charge is 2.22. The molecular formula is C20H27N2O+. The zero-order valence-electron chi connectivity index (χ0n) is 14.4. The molecule has 0 bridgehead atoms. The molecule has 3 nitrogen and oxygen atoms in total. The number of ether oxygens (including phenoxy) is 1. The topological polar surface area (TPSA) is 16.9 Å². The summed E-state index contributed by atoms with van der Waals surface area (Å²) in [7, 11) is 1.76. The minimum atomic E-state index is 1.01. The SMILES string of the molecule is COc1ccccc1C[NH+]1CCN(c2cccc(C)c2C)CC1. The molecule has 2 aromatic rings. The largest absolute Gasteiger partial charge is 0.496 e. The molecule has 0 unspecified atom stereocenters. The number of hydrogen-bond acceptors (Lipinski definition) is 2. The molecule has 0 saturated carbocycles. The Bertz CT molecular complexity index is 660. The van der Waals surface area contributed by atoms with E-state index in [1.165, 1.54) is 35.5 Å². The number of nitrogens with zero attached hydrogens (tertiary/aromatic N) is 1. The number of rotatable bonds is 4. The number of hydrogen-bond donors (Lipinski definition) is 1. The van der Waals surface area contributed by atoms with Crippen LogP contribution in [0.15, 0.2) is 42.5 Å². The Balaban J connectivity index is 1.63. The molecule has 122 valence electrons. The average Bonchev–Trinajstić information content (AvgIpc) is 2.59. The average molecular weight is 311 g/mol. The van der Waals surface area contributed by atoms with Crippen LogP contribution in [0.4, 0.5) is 5.69 Å². The number of para-hydroxylation sites is 1. The highest BCUT2D eigenvalue weighted by atomic mass is 16.5. The first kappa shape index (κ1) is 15.9. The fourth-order valence-corrected chi connectivity index (χ4v) is 3.44. The maximum absolute atomic E-state index is 5.48. The van der Waals surface area contributed by atoms with Gasteiger partial charge in [-0.3, -0.25) is 0 Å². The second-order valence-corrected chi connectivity index (χ2v) is 6.44.